The van der Waals surface area contributed by atoms with Gasteiger partial charge in [-0.1, -0.05) is 30.3 Å². The Labute approximate surface area is 302 Å². The van der Waals surface area contributed by atoms with E-state index in [1.165, 1.54) is 17.2 Å². The van der Waals surface area contributed by atoms with Gasteiger partial charge in [-0.05, 0) is 54.0 Å². The van der Waals surface area contributed by atoms with Gasteiger partial charge in [-0.15, -0.1) is 0 Å². The Bertz CT molecular complexity index is 1600. The van der Waals surface area contributed by atoms with E-state index in [1.54, 1.807) is 48.5 Å². The molecule has 18 nitrogen and oxygen atoms in total. The maximum Gasteiger partial charge on any atom is 0.407 e. The van der Waals surface area contributed by atoms with Crippen LogP contribution in [0.15, 0.2) is 43.0 Å². The van der Waals surface area contributed by atoms with E-state index in [1.807, 2.05) is 30.3 Å². The van der Waals surface area contributed by atoms with Crippen LogP contribution in [0.1, 0.15) is 54.0 Å². The highest BCUT2D eigenvalue weighted by atomic mass is 16.6. The summed E-state index contributed by atoms with van der Waals surface area (Å²) in [5.74, 6) is -1.69. The third kappa shape index (κ3) is 17.4. The topological polar surface area (TPSA) is 225 Å². The van der Waals surface area contributed by atoms with Crippen LogP contribution >= 0.6 is 0 Å². The molecular formula is C34H50N8O10. The summed E-state index contributed by atoms with van der Waals surface area (Å²) >= 11 is 0. The lowest BCUT2D eigenvalue weighted by molar-refractivity contribution is -0.144. The number of carbonyl (C=O) groups is 5. The number of nitrogens with one attached hydrogen (secondary N) is 3. The Morgan fingerprint density at radius 1 is 0.865 bits per heavy atom. The quantitative estimate of drug-likeness (QED) is 0.0944. The van der Waals surface area contributed by atoms with Crippen molar-refractivity contribution in [3.63, 3.8) is 0 Å². The number of ether oxygens (including phenoxy) is 4. The molecule has 1 aromatic carbocycles. The third-order valence-electron chi connectivity index (χ3n) is 6.17. The van der Waals surface area contributed by atoms with Crippen molar-refractivity contribution in [1.82, 2.24) is 40.4 Å². The van der Waals surface area contributed by atoms with Crippen LogP contribution in [0.3, 0.4) is 0 Å². The van der Waals surface area contributed by atoms with Crippen LogP contribution in [0.4, 0.5) is 9.59 Å². The number of hydrogen-bond donors (Lipinski definition) is 4. The lowest BCUT2D eigenvalue weighted by atomic mass is 10.2. The minimum absolute atomic E-state index is 0.0164. The fraction of sp³-hybridized carbons (Fsp3) is 0.529. The van der Waals surface area contributed by atoms with Gasteiger partial charge in [0.1, 0.15) is 37.2 Å². The highest BCUT2D eigenvalue weighted by molar-refractivity contribution is 5.83. The fourth-order valence-electron chi connectivity index (χ4n) is 4.08. The van der Waals surface area contributed by atoms with Crippen molar-refractivity contribution in [3.8, 4) is 5.88 Å². The second-order valence-corrected chi connectivity index (χ2v) is 13.0. The van der Waals surface area contributed by atoms with E-state index >= 15 is 0 Å². The van der Waals surface area contributed by atoms with E-state index in [4.69, 9.17) is 18.9 Å². The number of aliphatic carboxylic acids is 1. The van der Waals surface area contributed by atoms with Gasteiger partial charge in [0.15, 0.2) is 11.2 Å². The molecule has 0 aliphatic heterocycles. The second-order valence-electron chi connectivity index (χ2n) is 13.0. The van der Waals surface area contributed by atoms with Crippen LogP contribution in [0.2, 0.25) is 0 Å². The largest absolute Gasteiger partial charge is 0.480 e. The van der Waals surface area contributed by atoms with Gasteiger partial charge in [-0.3, -0.25) is 14.4 Å². The molecular weight excluding hydrogens is 680 g/mol. The standard InChI is InChI=1S/C23H28N6O6.C11H22N2O4/c1-23(2,3)35-22(33)24-9-10-28(12-18(31)32)17(30)11-29-15-27-19-20(29)25-14-26-21(19)34-13-16-7-5-4-6-8-16;1-5-16-9(14)8-12-6-7-13-10(15)17-11(2,3)4/h4-8,14-15H,9-13H2,1-3H3,(H,24,33)(H,31,32);12H,5-8H2,1-4H3,(H,13,15). The van der Waals surface area contributed by atoms with Crippen LogP contribution in [0.25, 0.3) is 11.2 Å². The zero-order valence-electron chi connectivity index (χ0n) is 30.8. The Kier molecular flexibility index (Phi) is 17.2. The molecule has 2 aromatic heterocycles. The third-order valence-corrected chi connectivity index (χ3v) is 6.17. The number of imidazole rings is 1. The van der Waals surface area contributed by atoms with Gasteiger partial charge in [0.05, 0.1) is 19.5 Å². The maximum atomic E-state index is 12.9. The average Bonchev–Trinajstić information content (AvgIpc) is 3.45. The number of hydrogen-bond acceptors (Lipinski definition) is 13. The van der Waals surface area contributed by atoms with Crippen molar-refractivity contribution < 1.29 is 48.0 Å². The van der Waals surface area contributed by atoms with Crippen molar-refractivity contribution in [2.75, 3.05) is 45.9 Å². The van der Waals surface area contributed by atoms with Crippen LogP contribution in [0.5, 0.6) is 5.88 Å². The lowest BCUT2D eigenvalue weighted by Gasteiger charge is -2.23. The number of amides is 3. The van der Waals surface area contributed by atoms with Crippen LogP contribution in [-0.4, -0.2) is 117 Å². The molecule has 52 heavy (non-hydrogen) atoms. The van der Waals surface area contributed by atoms with Crippen molar-refractivity contribution in [2.45, 2.75) is 72.8 Å². The van der Waals surface area contributed by atoms with Crippen LogP contribution in [0, 0.1) is 0 Å². The highest BCUT2D eigenvalue weighted by Crippen LogP contribution is 2.21. The summed E-state index contributed by atoms with van der Waals surface area (Å²) in [6.07, 6.45) is 1.62. The van der Waals surface area contributed by atoms with Crippen molar-refractivity contribution in [1.29, 1.82) is 0 Å². The van der Waals surface area contributed by atoms with Gasteiger partial charge < -0.3 is 49.5 Å². The summed E-state index contributed by atoms with van der Waals surface area (Å²) in [6.45, 7) is 13.3. The zero-order valence-corrected chi connectivity index (χ0v) is 30.8. The van der Waals surface area contributed by atoms with E-state index in [9.17, 15) is 29.1 Å². The van der Waals surface area contributed by atoms with Gasteiger partial charge in [0, 0.05) is 26.2 Å². The molecule has 0 bridgehead atoms. The number of fused-ring (bicyclic) bond motifs is 1. The molecule has 0 saturated heterocycles. The molecule has 2 heterocycles. The Hall–Kier alpha value is -5.52. The number of rotatable bonds is 16. The van der Waals surface area contributed by atoms with Crippen LogP contribution in [-0.2, 0) is 41.7 Å². The molecule has 3 amide bonds. The average molecular weight is 731 g/mol. The Morgan fingerprint density at radius 2 is 1.50 bits per heavy atom. The molecule has 0 radical (unpaired) electrons. The summed E-state index contributed by atoms with van der Waals surface area (Å²) in [5, 5.41) is 17.1. The first-order chi connectivity index (χ1) is 24.5. The summed E-state index contributed by atoms with van der Waals surface area (Å²) in [4.78, 5) is 71.9. The van der Waals surface area contributed by atoms with Gasteiger partial charge in [-0.25, -0.2) is 19.6 Å². The van der Waals surface area contributed by atoms with Gasteiger partial charge in [0.25, 0.3) is 0 Å². The molecule has 4 N–H and O–H groups in total. The number of carboxylic acid groups (broad SMARTS) is 1. The normalized spacial score (nSPS) is 11.1. The van der Waals surface area contributed by atoms with Crippen molar-refractivity contribution in [3.05, 3.63) is 48.5 Å². The van der Waals surface area contributed by atoms with Gasteiger partial charge in [-0.2, -0.15) is 4.98 Å². The number of carbonyl (C=O) groups excluding carboxylic acids is 4. The SMILES string of the molecule is CC(C)(C)OC(=O)NCCN(CC(=O)O)C(=O)Cn1cnc2c(OCc3ccccc3)ncnc21.CCOC(=O)CNCCNC(=O)OC(C)(C)C. The first-order valence-corrected chi connectivity index (χ1v) is 16.6. The van der Waals surface area contributed by atoms with E-state index in [0.29, 0.717) is 30.9 Å². The monoisotopic (exact) mass is 730 g/mol. The Morgan fingerprint density at radius 3 is 2.10 bits per heavy atom. The smallest absolute Gasteiger partial charge is 0.407 e. The summed E-state index contributed by atoms with van der Waals surface area (Å²) in [6, 6.07) is 9.56. The number of aromatic nitrogens is 4. The maximum absolute atomic E-state index is 12.9. The molecule has 0 spiro atoms. The second kappa shape index (κ2) is 21.0. The number of carboxylic acids is 1. The van der Waals surface area contributed by atoms with Gasteiger partial charge >= 0.3 is 24.1 Å². The molecule has 3 rings (SSSR count). The first-order valence-electron chi connectivity index (χ1n) is 16.6. The zero-order chi connectivity index (χ0) is 38.7. The Balaban J connectivity index is 0.000000465. The summed E-state index contributed by atoms with van der Waals surface area (Å²) in [7, 11) is 0. The fourth-order valence-corrected chi connectivity index (χ4v) is 4.08. The predicted octanol–water partition coefficient (Wildman–Crippen LogP) is 2.51. The molecule has 0 atom stereocenters. The number of nitrogens with zero attached hydrogens (tertiary/aromatic N) is 5. The van der Waals surface area contributed by atoms with E-state index in [-0.39, 0.29) is 44.6 Å². The van der Waals surface area contributed by atoms with Crippen LogP contribution < -0.4 is 20.7 Å². The highest BCUT2D eigenvalue weighted by Gasteiger charge is 2.21. The molecule has 0 fully saturated rings. The van der Waals surface area contributed by atoms with Crippen molar-refractivity contribution >= 4 is 41.2 Å². The molecule has 0 saturated carbocycles. The number of esters is 1. The van der Waals surface area contributed by atoms with E-state index in [2.05, 4.69) is 30.9 Å². The molecule has 0 unspecified atom stereocenters. The van der Waals surface area contributed by atoms with E-state index in [0.717, 1.165) is 10.5 Å². The van der Waals surface area contributed by atoms with Crippen molar-refractivity contribution in [2.24, 2.45) is 0 Å². The summed E-state index contributed by atoms with van der Waals surface area (Å²) < 4.78 is 22.2. The van der Waals surface area contributed by atoms with Gasteiger partial charge in [0.2, 0.25) is 11.8 Å². The molecule has 3 aromatic rings. The first kappa shape index (κ1) is 42.6. The minimum Gasteiger partial charge on any atom is -0.480 e. The molecule has 0 aliphatic carbocycles. The molecule has 0 aliphatic rings. The number of benzene rings is 1. The lowest BCUT2D eigenvalue weighted by Crippen LogP contribution is -2.43. The predicted molar refractivity (Wildman–Crippen MR) is 188 cm³/mol. The minimum atomic E-state index is -1.18. The molecule has 18 heteroatoms. The molecule has 286 valence electrons. The summed E-state index contributed by atoms with van der Waals surface area (Å²) in [5.41, 5.74) is 0.543. The number of alkyl carbamates (subject to hydrolysis) is 2. The van der Waals surface area contributed by atoms with E-state index < -0.39 is 41.8 Å².